The van der Waals surface area contributed by atoms with E-state index in [0.717, 1.165) is 4.47 Å². The van der Waals surface area contributed by atoms with E-state index < -0.39 is 6.10 Å². The van der Waals surface area contributed by atoms with Crippen LogP contribution in [0.1, 0.15) is 6.92 Å². The molecule has 0 saturated carbocycles. The quantitative estimate of drug-likeness (QED) is 0.827. The average Bonchev–Trinajstić information content (AvgIpc) is 2.56. The van der Waals surface area contributed by atoms with E-state index in [2.05, 4.69) is 21.2 Å². The molecule has 0 bridgehead atoms. The predicted molar refractivity (Wildman–Crippen MR) is 92.4 cm³/mol. The number of methoxy groups -OCH3 is 2. The molecule has 1 amide bonds. The summed E-state index contributed by atoms with van der Waals surface area (Å²) >= 11 is 3.35. The molecule has 5 nitrogen and oxygen atoms in total. The SMILES string of the molecule is COc1ccc(OC)c(NC(=O)[C@@H](C)Oc2ccc(Br)cc2)c1. The molecule has 0 radical (unpaired) electrons. The lowest BCUT2D eigenvalue weighted by molar-refractivity contribution is -0.122. The average molecular weight is 380 g/mol. The number of halogens is 1. The lowest BCUT2D eigenvalue weighted by atomic mass is 10.2. The first-order chi connectivity index (χ1) is 11.0. The Balaban J connectivity index is 2.07. The zero-order valence-electron chi connectivity index (χ0n) is 13.1. The van der Waals surface area contributed by atoms with Crippen molar-refractivity contribution in [2.24, 2.45) is 0 Å². The minimum Gasteiger partial charge on any atom is -0.497 e. The minimum atomic E-state index is -0.660. The summed E-state index contributed by atoms with van der Waals surface area (Å²) < 4.78 is 17.0. The summed E-state index contributed by atoms with van der Waals surface area (Å²) in [7, 11) is 3.10. The minimum absolute atomic E-state index is 0.278. The van der Waals surface area contributed by atoms with Crippen molar-refractivity contribution >= 4 is 27.5 Å². The lowest BCUT2D eigenvalue weighted by Crippen LogP contribution is -2.30. The summed E-state index contributed by atoms with van der Waals surface area (Å²) in [6.07, 6.45) is -0.660. The molecule has 0 aliphatic rings. The lowest BCUT2D eigenvalue weighted by Gasteiger charge is -2.16. The summed E-state index contributed by atoms with van der Waals surface area (Å²) in [5.41, 5.74) is 0.531. The van der Waals surface area contributed by atoms with Crippen molar-refractivity contribution < 1.29 is 19.0 Å². The zero-order chi connectivity index (χ0) is 16.8. The van der Waals surface area contributed by atoms with Gasteiger partial charge in [-0.1, -0.05) is 15.9 Å². The van der Waals surface area contributed by atoms with Gasteiger partial charge in [0.25, 0.3) is 5.91 Å². The largest absolute Gasteiger partial charge is 0.497 e. The van der Waals surface area contributed by atoms with Crippen LogP contribution in [0.3, 0.4) is 0 Å². The van der Waals surface area contributed by atoms with Crippen molar-refractivity contribution in [2.45, 2.75) is 13.0 Å². The number of carbonyl (C=O) groups is 1. The Kier molecular flexibility index (Phi) is 5.87. The molecule has 0 unspecified atom stereocenters. The molecule has 0 aliphatic carbocycles. The van der Waals surface area contributed by atoms with E-state index in [9.17, 15) is 4.79 Å². The van der Waals surface area contributed by atoms with Gasteiger partial charge in [0, 0.05) is 10.5 Å². The molecule has 6 heteroatoms. The maximum atomic E-state index is 12.3. The molecule has 0 heterocycles. The smallest absolute Gasteiger partial charge is 0.265 e. The standard InChI is InChI=1S/C17H18BrNO4/c1-11(23-13-6-4-12(18)5-7-13)17(20)19-15-10-14(21-2)8-9-16(15)22-3/h4-11H,1-3H3,(H,19,20)/t11-/m1/s1. The Morgan fingerprint density at radius 3 is 2.30 bits per heavy atom. The van der Waals surface area contributed by atoms with Crippen molar-refractivity contribution in [3.63, 3.8) is 0 Å². The van der Waals surface area contributed by atoms with Gasteiger partial charge in [0.1, 0.15) is 17.2 Å². The first-order valence-electron chi connectivity index (χ1n) is 6.98. The molecule has 0 aromatic heterocycles. The van der Waals surface area contributed by atoms with Gasteiger partial charge >= 0.3 is 0 Å². The Morgan fingerprint density at radius 2 is 1.70 bits per heavy atom. The molecule has 2 aromatic rings. The molecule has 0 saturated heterocycles. The van der Waals surface area contributed by atoms with E-state index in [-0.39, 0.29) is 5.91 Å². The molecule has 23 heavy (non-hydrogen) atoms. The van der Waals surface area contributed by atoms with Crippen molar-refractivity contribution in [3.05, 3.63) is 46.9 Å². The number of ether oxygens (including phenoxy) is 3. The van der Waals surface area contributed by atoms with Crippen molar-refractivity contribution in [2.75, 3.05) is 19.5 Å². The van der Waals surface area contributed by atoms with Gasteiger partial charge in [0.05, 0.1) is 19.9 Å². The van der Waals surface area contributed by atoms with Gasteiger partial charge in [0.15, 0.2) is 6.10 Å². The fourth-order valence-electron chi connectivity index (χ4n) is 1.92. The van der Waals surface area contributed by atoms with Gasteiger partial charge in [-0.3, -0.25) is 4.79 Å². The summed E-state index contributed by atoms with van der Waals surface area (Å²) in [5.74, 6) is 1.52. The number of benzene rings is 2. The maximum Gasteiger partial charge on any atom is 0.265 e. The van der Waals surface area contributed by atoms with Crippen LogP contribution in [-0.4, -0.2) is 26.2 Å². The van der Waals surface area contributed by atoms with E-state index >= 15 is 0 Å². The van der Waals surface area contributed by atoms with Crippen molar-refractivity contribution in [1.82, 2.24) is 0 Å². The molecule has 2 rings (SSSR count). The van der Waals surface area contributed by atoms with Crippen LogP contribution in [0, 0.1) is 0 Å². The third-order valence-electron chi connectivity index (χ3n) is 3.16. The molecule has 122 valence electrons. The van der Waals surface area contributed by atoms with Gasteiger partial charge in [-0.2, -0.15) is 0 Å². The molecule has 1 atom stereocenters. The maximum absolute atomic E-state index is 12.3. The number of hydrogen-bond acceptors (Lipinski definition) is 4. The van der Waals surface area contributed by atoms with Crippen LogP contribution >= 0.6 is 15.9 Å². The van der Waals surface area contributed by atoms with Crippen LogP contribution in [0.25, 0.3) is 0 Å². The molecule has 1 N–H and O–H groups in total. The third kappa shape index (κ3) is 4.63. The van der Waals surface area contributed by atoms with Gasteiger partial charge < -0.3 is 19.5 Å². The van der Waals surface area contributed by atoms with Gasteiger partial charge in [-0.15, -0.1) is 0 Å². The fraction of sp³-hybridized carbons (Fsp3) is 0.235. The topological polar surface area (TPSA) is 56.8 Å². The van der Waals surface area contributed by atoms with E-state index in [1.165, 1.54) is 0 Å². The van der Waals surface area contributed by atoms with E-state index in [4.69, 9.17) is 14.2 Å². The molecule has 0 aliphatic heterocycles. The molecule has 0 fully saturated rings. The van der Waals surface area contributed by atoms with Crippen molar-refractivity contribution in [1.29, 1.82) is 0 Å². The van der Waals surface area contributed by atoms with E-state index in [1.807, 2.05) is 12.1 Å². The van der Waals surface area contributed by atoms with Gasteiger partial charge in [-0.05, 0) is 43.3 Å². The van der Waals surface area contributed by atoms with Crippen LogP contribution in [0.2, 0.25) is 0 Å². The molecular weight excluding hydrogens is 362 g/mol. The van der Waals surface area contributed by atoms with Gasteiger partial charge in [-0.25, -0.2) is 0 Å². The second-order valence-corrected chi connectivity index (χ2v) is 5.69. The predicted octanol–water partition coefficient (Wildman–Crippen LogP) is 3.87. The van der Waals surface area contributed by atoms with Crippen LogP contribution in [0.15, 0.2) is 46.9 Å². The number of carbonyl (C=O) groups excluding carboxylic acids is 1. The number of hydrogen-bond donors (Lipinski definition) is 1. The van der Waals surface area contributed by atoms with E-state index in [0.29, 0.717) is 22.9 Å². The summed E-state index contributed by atoms with van der Waals surface area (Å²) in [5, 5.41) is 2.79. The number of rotatable bonds is 6. The summed E-state index contributed by atoms with van der Waals surface area (Å²) in [6, 6.07) is 12.5. The summed E-state index contributed by atoms with van der Waals surface area (Å²) in [6.45, 7) is 1.68. The van der Waals surface area contributed by atoms with Crippen LogP contribution < -0.4 is 19.5 Å². The normalized spacial score (nSPS) is 11.5. The Morgan fingerprint density at radius 1 is 1.04 bits per heavy atom. The Hall–Kier alpha value is -2.21. The fourth-order valence-corrected chi connectivity index (χ4v) is 2.18. The second kappa shape index (κ2) is 7.87. The monoisotopic (exact) mass is 379 g/mol. The second-order valence-electron chi connectivity index (χ2n) is 4.77. The highest BCUT2D eigenvalue weighted by atomic mass is 79.9. The highest BCUT2D eigenvalue weighted by Crippen LogP contribution is 2.29. The molecule has 2 aromatic carbocycles. The first kappa shape index (κ1) is 17.1. The number of nitrogens with one attached hydrogen (secondary N) is 1. The Bertz CT molecular complexity index is 673. The summed E-state index contributed by atoms with van der Waals surface area (Å²) in [4.78, 5) is 12.3. The highest BCUT2D eigenvalue weighted by Gasteiger charge is 2.17. The van der Waals surface area contributed by atoms with E-state index in [1.54, 1.807) is 51.5 Å². The molecular formula is C17H18BrNO4. The zero-order valence-corrected chi connectivity index (χ0v) is 14.7. The Labute approximate surface area is 143 Å². The molecule has 0 spiro atoms. The van der Waals surface area contributed by atoms with Crippen LogP contribution in [-0.2, 0) is 4.79 Å². The van der Waals surface area contributed by atoms with Crippen LogP contribution in [0.4, 0.5) is 5.69 Å². The first-order valence-corrected chi connectivity index (χ1v) is 7.78. The van der Waals surface area contributed by atoms with Crippen molar-refractivity contribution in [3.8, 4) is 17.2 Å². The van der Waals surface area contributed by atoms with Gasteiger partial charge in [0.2, 0.25) is 0 Å². The third-order valence-corrected chi connectivity index (χ3v) is 3.69. The number of amides is 1. The highest BCUT2D eigenvalue weighted by molar-refractivity contribution is 9.10. The number of anilines is 1. The van der Waals surface area contributed by atoms with Crippen LogP contribution in [0.5, 0.6) is 17.2 Å².